The van der Waals surface area contributed by atoms with E-state index in [1.165, 1.54) is 6.20 Å². The second kappa shape index (κ2) is 10.7. The number of anilines is 3. The highest BCUT2D eigenvalue weighted by atomic mass is 16.6. The first-order chi connectivity index (χ1) is 17.5. The lowest BCUT2D eigenvalue weighted by molar-refractivity contribution is -0.112. The molecule has 4 rings (SSSR count). The lowest BCUT2D eigenvalue weighted by Crippen LogP contribution is -2.34. The largest absolute Gasteiger partial charge is 0.449 e. The van der Waals surface area contributed by atoms with E-state index in [-0.39, 0.29) is 6.61 Å². The van der Waals surface area contributed by atoms with E-state index in [0.717, 1.165) is 21.8 Å². The summed E-state index contributed by atoms with van der Waals surface area (Å²) in [5.41, 5.74) is 4.30. The van der Waals surface area contributed by atoms with E-state index in [0.29, 0.717) is 22.5 Å². The summed E-state index contributed by atoms with van der Waals surface area (Å²) in [5, 5.41) is 6.79. The van der Waals surface area contributed by atoms with Gasteiger partial charge in [0.05, 0.1) is 29.3 Å². The fourth-order valence-corrected chi connectivity index (χ4v) is 4.02. The molecule has 0 saturated heterocycles. The number of carbonyl (C=O) groups excluding carboxylic acids is 3. The molecule has 0 atom stereocenters. The van der Waals surface area contributed by atoms with Gasteiger partial charge < -0.3 is 10.1 Å². The van der Waals surface area contributed by atoms with Gasteiger partial charge in [-0.1, -0.05) is 48.5 Å². The maximum absolute atomic E-state index is 13.6. The van der Waals surface area contributed by atoms with Crippen LogP contribution in [0.1, 0.15) is 18.1 Å². The number of hydrogen-bond acceptors (Lipinski definition) is 7. The molecule has 0 aliphatic carbocycles. The topological polar surface area (TPSA) is 82.2 Å². The van der Waals surface area contributed by atoms with E-state index < -0.39 is 12.0 Å². The van der Waals surface area contributed by atoms with Crippen LogP contribution in [-0.2, 0) is 14.3 Å². The van der Waals surface area contributed by atoms with Gasteiger partial charge in [0, 0.05) is 25.3 Å². The Hall–Kier alpha value is -4.65. The second-order valence-electron chi connectivity index (χ2n) is 8.08. The summed E-state index contributed by atoms with van der Waals surface area (Å²) >= 11 is 0. The van der Waals surface area contributed by atoms with Crippen LogP contribution in [0.4, 0.5) is 21.9 Å². The Morgan fingerprint density at radius 2 is 1.67 bits per heavy atom. The van der Waals surface area contributed by atoms with Crippen LogP contribution in [0.25, 0.3) is 11.3 Å². The molecule has 0 bridgehead atoms. The molecule has 0 unspecified atom stereocenters. The summed E-state index contributed by atoms with van der Waals surface area (Å²) in [4.78, 5) is 38.3. The molecule has 1 aliphatic heterocycles. The number of hydrazine groups is 1. The normalized spacial score (nSPS) is 13.7. The Labute approximate surface area is 209 Å². The molecule has 0 aromatic heterocycles. The van der Waals surface area contributed by atoms with Crippen LogP contribution >= 0.6 is 0 Å². The second-order valence-corrected chi connectivity index (χ2v) is 8.08. The predicted molar refractivity (Wildman–Crippen MR) is 141 cm³/mol. The molecule has 36 heavy (non-hydrogen) atoms. The number of benzene rings is 3. The van der Waals surface area contributed by atoms with E-state index in [4.69, 9.17) is 4.74 Å². The molecule has 2 amide bonds. The smallest absolute Gasteiger partial charge is 0.421 e. The number of nitrogens with zero attached hydrogens (tertiary/aromatic N) is 3. The molecule has 1 aliphatic rings. The van der Waals surface area contributed by atoms with Crippen LogP contribution in [-0.4, -0.2) is 43.7 Å². The van der Waals surface area contributed by atoms with Crippen molar-refractivity contribution in [3.63, 3.8) is 0 Å². The van der Waals surface area contributed by atoms with E-state index in [9.17, 15) is 14.4 Å². The molecular formula is C28H26N4O4. The van der Waals surface area contributed by atoms with Gasteiger partial charge in [0.25, 0.3) is 5.91 Å². The lowest BCUT2D eigenvalue weighted by Gasteiger charge is -2.26. The van der Waals surface area contributed by atoms with E-state index in [2.05, 4.69) is 5.32 Å². The minimum atomic E-state index is -0.714. The van der Waals surface area contributed by atoms with Crippen LogP contribution in [0.3, 0.4) is 0 Å². The van der Waals surface area contributed by atoms with Crippen LogP contribution in [0.15, 0.2) is 85.1 Å². The summed E-state index contributed by atoms with van der Waals surface area (Å²) in [6.07, 6.45) is 0.589. The van der Waals surface area contributed by atoms with Crippen molar-refractivity contribution < 1.29 is 19.1 Å². The van der Waals surface area contributed by atoms with Crippen molar-refractivity contribution in [1.29, 1.82) is 0 Å². The zero-order chi connectivity index (χ0) is 25.7. The number of carbonyl (C=O) groups is 2. The van der Waals surface area contributed by atoms with Crippen molar-refractivity contribution in [3.05, 3.63) is 96.2 Å². The third-order valence-corrected chi connectivity index (χ3v) is 5.60. The van der Waals surface area contributed by atoms with Crippen LogP contribution in [0, 0.1) is 0 Å². The molecule has 8 nitrogen and oxygen atoms in total. The monoisotopic (exact) mass is 482 g/mol. The van der Waals surface area contributed by atoms with Gasteiger partial charge in [-0.05, 0) is 42.8 Å². The first-order valence-electron chi connectivity index (χ1n) is 11.4. The van der Waals surface area contributed by atoms with Crippen LogP contribution < -0.4 is 15.2 Å². The highest BCUT2D eigenvalue weighted by Crippen LogP contribution is 2.41. The average molecular weight is 483 g/mol. The number of nitrogens with one attached hydrogen (secondary N) is 1. The maximum Gasteiger partial charge on any atom is 0.421 e. The zero-order valence-corrected chi connectivity index (χ0v) is 20.3. The number of ether oxygens (including phenoxy) is 1. The molecule has 3 aromatic carbocycles. The highest BCUT2D eigenvalue weighted by molar-refractivity contribution is 6.43. The summed E-state index contributed by atoms with van der Waals surface area (Å²) < 4.78 is 5.16. The standard InChI is InChI=1S/C28H26N4O4/c1-4-36-28(35)32-24-13-9-8-12-23(24)25(27(32)34)26(20-10-6-5-7-11-20)29-21-14-16-22(17-15-21)31(18-19-33)30(2)3/h5-18,29H,4H2,1-3H3/b26-25-. The first-order valence-corrected chi connectivity index (χ1v) is 11.4. The average Bonchev–Trinajstić information content (AvgIpc) is 3.18. The fraction of sp³-hybridized carbons (Fsp3) is 0.143. The van der Waals surface area contributed by atoms with Crippen molar-refractivity contribution in [2.45, 2.75) is 6.92 Å². The molecular weight excluding hydrogens is 456 g/mol. The number of amides is 2. The summed E-state index contributed by atoms with van der Waals surface area (Å²) in [5.74, 6) is 1.33. The SMILES string of the molecule is CCOC(=O)N1C(=O)/C(=C(\Nc2ccc(N(C=C=O)N(C)C)cc2)c2ccccc2)c2ccccc21. The molecule has 0 radical (unpaired) electrons. The van der Waals surface area contributed by atoms with Gasteiger partial charge in [-0.2, -0.15) is 0 Å². The van der Waals surface area contributed by atoms with Crippen molar-refractivity contribution in [1.82, 2.24) is 5.01 Å². The van der Waals surface area contributed by atoms with Gasteiger partial charge in [0.15, 0.2) is 0 Å². The van der Waals surface area contributed by atoms with Gasteiger partial charge in [-0.25, -0.2) is 19.5 Å². The Morgan fingerprint density at radius 3 is 2.31 bits per heavy atom. The van der Waals surface area contributed by atoms with E-state index >= 15 is 0 Å². The Balaban J connectivity index is 1.82. The molecule has 3 aromatic rings. The van der Waals surface area contributed by atoms with E-state index in [1.54, 1.807) is 35.0 Å². The van der Waals surface area contributed by atoms with Gasteiger partial charge in [0.2, 0.25) is 0 Å². The lowest BCUT2D eigenvalue weighted by atomic mass is 10.00. The molecule has 1 heterocycles. The maximum atomic E-state index is 13.6. The third-order valence-electron chi connectivity index (χ3n) is 5.60. The van der Waals surface area contributed by atoms with Gasteiger partial charge in [-0.15, -0.1) is 0 Å². The molecule has 0 fully saturated rings. The molecule has 8 heteroatoms. The Morgan fingerprint density at radius 1 is 1.00 bits per heavy atom. The zero-order valence-electron chi connectivity index (χ0n) is 20.3. The summed E-state index contributed by atoms with van der Waals surface area (Å²) in [6, 6.07) is 24.0. The number of fused-ring (bicyclic) bond motifs is 1. The van der Waals surface area contributed by atoms with Crippen molar-refractivity contribution in [3.8, 4) is 0 Å². The summed E-state index contributed by atoms with van der Waals surface area (Å²) in [7, 11) is 3.63. The van der Waals surface area contributed by atoms with Crippen molar-refractivity contribution in [2.24, 2.45) is 0 Å². The number of para-hydroxylation sites is 1. The van der Waals surface area contributed by atoms with Gasteiger partial charge in [-0.3, -0.25) is 9.80 Å². The van der Waals surface area contributed by atoms with Gasteiger partial charge >= 0.3 is 6.09 Å². The minimum Gasteiger partial charge on any atom is -0.449 e. The van der Waals surface area contributed by atoms with Crippen LogP contribution in [0.5, 0.6) is 0 Å². The predicted octanol–water partition coefficient (Wildman–Crippen LogP) is 4.80. The highest BCUT2D eigenvalue weighted by Gasteiger charge is 2.39. The number of imide groups is 1. The minimum absolute atomic E-state index is 0.156. The fourth-order valence-electron chi connectivity index (χ4n) is 4.02. The molecule has 1 N–H and O–H groups in total. The van der Waals surface area contributed by atoms with Crippen molar-refractivity contribution in [2.75, 3.05) is 35.9 Å². The Kier molecular flexibility index (Phi) is 7.30. The first kappa shape index (κ1) is 24.5. The molecule has 182 valence electrons. The van der Waals surface area contributed by atoms with Crippen molar-refractivity contribution >= 4 is 46.3 Å². The van der Waals surface area contributed by atoms with Gasteiger partial charge in [0.1, 0.15) is 12.1 Å². The number of rotatable bonds is 7. The quantitative estimate of drug-likeness (QED) is 0.294. The molecule has 0 saturated carbocycles. The Bertz CT molecular complexity index is 1340. The molecule has 0 spiro atoms. The van der Waals surface area contributed by atoms with Crippen LogP contribution in [0.2, 0.25) is 0 Å². The number of hydrogen-bond donors (Lipinski definition) is 1. The summed E-state index contributed by atoms with van der Waals surface area (Å²) in [6.45, 7) is 1.85. The van der Waals surface area contributed by atoms with E-state index in [1.807, 2.05) is 80.8 Å². The third kappa shape index (κ3) is 4.77.